The van der Waals surface area contributed by atoms with E-state index < -0.39 is 22.9 Å². The van der Waals surface area contributed by atoms with Crippen LogP contribution in [0.2, 0.25) is 0 Å². The Morgan fingerprint density at radius 1 is 1.44 bits per heavy atom. The van der Waals surface area contributed by atoms with Crippen LogP contribution in [0, 0.1) is 11.3 Å². The molecule has 0 aromatic carbocycles. The Labute approximate surface area is 101 Å². The van der Waals surface area contributed by atoms with Crippen molar-refractivity contribution < 1.29 is 14.6 Å². The molecule has 0 aromatic rings. The van der Waals surface area contributed by atoms with E-state index in [2.05, 4.69) is 0 Å². The van der Waals surface area contributed by atoms with E-state index in [0.717, 1.165) is 0 Å². The van der Waals surface area contributed by atoms with Crippen molar-refractivity contribution in [2.75, 3.05) is 5.88 Å². The molecule has 0 amide bonds. The zero-order valence-corrected chi connectivity index (χ0v) is 11.1. The summed E-state index contributed by atoms with van der Waals surface area (Å²) in [6.07, 6.45) is 0. The molecule has 0 radical (unpaired) electrons. The first-order valence-electron chi connectivity index (χ1n) is 4.93. The third-order valence-corrected chi connectivity index (χ3v) is 1.38. The fourth-order valence-corrected chi connectivity index (χ4v) is 0.758. The predicted octanol–water partition coefficient (Wildman–Crippen LogP) is 2.93. The Kier molecular flexibility index (Phi) is 8.60. The fraction of sp³-hybridized carbons (Fsp3) is 0.636. The van der Waals surface area contributed by atoms with Gasteiger partial charge in [-0.2, -0.15) is 5.26 Å². The molecule has 0 aromatic heterocycles. The van der Waals surface area contributed by atoms with E-state index in [1.807, 2.05) is 13.8 Å². The van der Waals surface area contributed by atoms with Crippen LogP contribution in [0.25, 0.3) is 0 Å². The van der Waals surface area contributed by atoms with Crippen LogP contribution in [-0.2, 0) is 9.53 Å². The summed E-state index contributed by atoms with van der Waals surface area (Å²) in [4.78, 5) is 11.3. The van der Waals surface area contributed by atoms with E-state index >= 15 is 0 Å². The molecular weight excluding hydrogens is 230 g/mol. The number of carbonyl (C=O) groups excluding carboxylic acids is 1. The molecule has 0 saturated carbocycles. The summed E-state index contributed by atoms with van der Waals surface area (Å²) < 4.78 is 4.88. The van der Waals surface area contributed by atoms with Crippen LogP contribution >= 0.6 is 11.6 Å². The Hall–Kier alpha value is -1.21. The highest BCUT2D eigenvalue weighted by Crippen LogP contribution is 2.12. The summed E-state index contributed by atoms with van der Waals surface area (Å²) >= 11 is 5.27. The molecule has 4 nitrogen and oxygen atoms in total. The SMILES string of the molecule is CC.CC(C)(C)OC(=O)/C(C#N)=C(\O)CCl. The van der Waals surface area contributed by atoms with E-state index in [1.54, 1.807) is 26.8 Å². The van der Waals surface area contributed by atoms with Gasteiger partial charge in [0.05, 0.1) is 5.88 Å². The van der Waals surface area contributed by atoms with Crippen LogP contribution in [0.15, 0.2) is 11.3 Å². The number of esters is 1. The molecule has 0 heterocycles. The number of carbonyl (C=O) groups is 1. The van der Waals surface area contributed by atoms with Crippen LogP contribution in [0.3, 0.4) is 0 Å². The summed E-state index contributed by atoms with van der Waals surface area (Å²) in [5.41, 5.74) is -1.15. The van der Waals surface area contributed by atoms with Gasteiger partial charge in [-0.3, -0.25) is 0 Å². The lowest BCUT2D eigenvalue weighted by atomic mass is 10.2. The van der Waals surface area contributed by atoms with Gasteiger partial charge in [-0.05, 0) is 20.8 Å². The first kappa shape index (κ1) is 17.2. The zero-order valence-electron chi connectivity index (χ0n) is 10.3. The number of hydrogen-bond donors (Lipinski definition) is 1. The zero-order chi connectivity index (χ0) is 13.4. The Morgan fingerprint density at radius 3 is 2.12 bits per heavy atom. The number of ether oxygens (including phenoxy) is 1. The maximum Gasteiger partial charge on any atom is 0.352 e. The minimum Gasteiger partial charge on any atom is -0.509 e. The number of alkyl halides is 1. The van der Waals surface area contributed by atoms with Gasteiger partial charge in [0.15, 0.2) is 5.57 Å². The van der Waals surface area contributed by atoms with Crippen molar-refractivity contribution in [1.82, 2.24) is 0 Å². The van der Waals surface area contributed by atoms with Crippen LogP contribution in [0.4, 0.5) is 0 Å². The molecule has 0 fully saturated rings. The molecule has 0 saturated heterocycles. The van der Waals surface area contributed by atoms with Crippen LogP contribution in [0.1, 0.15) is 34.6 Å². The summed E-state index contributed by atoms with van der Waals surface area (Å²) in [5.74, 6) is -1.62. The fourth-order valence-electron chi connectivity index (χ4n) is 0.624. The summed E-state index contributed by atoms with van der Waals surface area (Å²) in [6, 6.07) is 1.55. The second-order valence-corrected chi connectivity index (χ2v) is 3.84. The maximum absolute atomic E-state index is 11.3. The van der Waals surface area contributed by atoms with Gasteiger partial charge in [0, 0.05) is 0 Å². The smallest absolute Gasteiger partial charge is 0.352 e. The number of aliphatic hydroxyl groups is 1. The van der Waals surface area contributed by atoms with Crippen molar-refractivity contribution in [2.45, 2.75) is 40.2 Å². The van der Waals surface area contributed by atoms with Gasteiger partial charge in [-0.25, -0.2) is 4.79 Å². The number of nitrogens with zero attached hydrogens (tertiary/aromatic N) is 1. The molecule has 0 aliphatic rings. The third-order valence-electron chi connectivity index (χ3n) is 1.13. The van der Waals surface area contributed by atoms with Crippen molar-refractivity contribution in [3.05, 3.63) is 11.3 Å². The Bertz CT molecular complexity index is 297. The minimum atomic E-state index is -0.863. The minimum absolute atomic E-state index is 0.290. The van der Waals surface area contributed by atoms with E-state index in [4.69, 9.17) is 26.7 Å². The van der Waals surface area contributed by atoms with E-state index in [9.17, 15) is 4.79 Å². The standard InChI is InChI=1S/C9H12ClNO3.C2H6/c1-9(2,3)14-8(13)6(5-11)7(12)4-10;1-2/h12H,4H2,1-3H3;1-2H3/b7-6-;. The van der Waals surface area contributed by atoms with Crippen molar-refractivity contribution >= 4 is 17.6 Å². The van der Waals surface area contributed by atoms with Gasteiger partial charge in [-0.15, -0.1) is 11.6 Å². The molecule has 92 valence electrons. The van der Waals surface area contributed by atoms with E-state index in [0.29, 0.717) is 0 Å². The van der Waals surface area contributed by atoms with Crippen LogP contribution in [0.5, 0.6) is 0 Å². The van der Waals surface area contributed by atoms with Crippen molar-refractivity contribution in [3.8, 4) is 6.07 Å². The lowest BCUT2D eigenvalue weighted by Gasteiger charge is -2.19. The molecule has 0 unspecified atom stereocenters. The predicted molar refractivity (Wildman–Crippen MR) is 63.2 cm³/mol. The van der Waals surface area contributed by atoms with Gasteiger partial charge in [0.2, 0.25) is 0 Å². The average molecular weight is 248 g/mol. The van der Waals surface area contributed by atoms with Gasteiger partial charge in [0.1, 0.15) is 17.4 Å². The molecule has 0 rings (SSSR count). The topological polar surface area (TPSA) is 70.3 Å². The van der Waals surface area contributed by atoms with Crippen molar-refractivity contribution in [2.24, 2.45) is 0 Å². The molecule has 16 heavy (non-hydrogen) atoms. The van der Waals surface area contributed by atoms with Gasteiger partial charge >= 0.3 is 5.97 Å². The molecule has 1 N–H and O–H groups in total. The molecule has 5 heteroatoms. The Morgan fingerprint density at radius 2 is 1.88 bits per heavy atom. The molecule has 0 aliphatic heterocycles. The molecule has 0 bridgehead atoms. The molecule has 0 spiro atoms. The second-order valence-electron chi connectivity index (χ2n) is 3.57. The second kappa shape index (κ2) is 8.00. The number of aliphatic hydroxyl groups excluding tert-OH is 1. The molecule has 0 atom stereocenters. The maximum atomic E-state index is 11.3. The number of rotatable bonds is 2. The highest BCUT2D eigenvalue weighted by Gasteiger charge is 2.22. The summed E-state index contributed by atoms with van der Waals surface area (Å²) in [7, 11) is 0. The molecule has 0 aliphatic carbocycles. The van der Waals surface area contributed by atoms with Crippen LogP contribution < -0.4 is 0 Å². The van der Waals surface area contributed by atoms with E-state index in [-0.39, 0.29) is 5.88 Å². The van der Waals surface area contributed by atoms with E-state index in [1.165, 1.54) is 0 Å². The number of hydrogen-bond acceptors (Lipinski definition) is 4. The number of nitriles is 1. The van der Waals surface area contributed by atoms with Crippen molar-refractivity contribution in [1.29, 1.82) is 5.26 Å². The lowest BCUT2D eigenvalue weighted by Crippen LogP contribution is -2.25. The van der Waals surface area contributed by atoms with Gasteiger partial charge < -0.3 is 9.84 Å². The average Bonchev–Trinajstić information content (AvgIpc) is 2.19. The van der Waals surface area contributed by atoms with Gasteiger partial charge in [-0.1, -0.05) is 13.8 Å². The summed E-state index contributed by atoms with van der Waals surface area (Å²) in [5, 5.41) is 17.7. The molecular formula is C11H18ClNO3. The highest BCUT2D eigenvalue weighted by molar-refractivity contribution is 6.19. The quantitative estimate of drug-likeness (QED) is 0.268. The largest absolute Gasteiger partial charge is 0.509 e. The Balaban J connectivity index is 0. The first-order valence-corrected chi connectivity index (χ1v) is 5.46. The highest BCUT2D eigenvalue weighted by atomic mass is 35.5. The number of halogens is 1. The normalized spacial score (nSPS) is 11.6. The monoisotopic (exact) mass is 247 g/mol. The van der Waals surface area contributed by atoms with Crippen LogP contribution in [-0.4, -0.2) is 22.6 Å². The van der Waals surface area contributed by atoms with Gasteiger partial charge in [0.25, 0.3) is 0 Å². The summed E-state index contributed by atoms with van der Waals surface area (Å²) in [6.45, 7) is 8.99. The first-order chi connectivity index (χ1) is 7.31. The number of allylic oxidation sites excluding steroid dienone is 1. The van der Waals surface area contributed by atoms with Crippen molar-refractivity contribution in [3.63, 3.8) is 0 Å². The third kappa shape index (κ3) is 7.13. The lowest BCUT2D eigenvalue weighted by molar-refractivity contribution is -0.149.